The molecule has 3 aromatic rings. The van der Waals surface area contributed by atoms with Crippen molar-refractivity contribution >= 4 is 16.7 Å². The largest absolute Gasteiger partial charge is 0.357 e. The molecule has 26 heavy (non-hydrogen) atoms. The molecule has 4 rings (SSSR count). The van der Waals surface area contributed by atoms with Gasteiger partial charge in [0.05, 0.1) is 13.1 Å². The molecule has 1 N–H and O–H groups in total. The number of carbonyl (C=O) groups excluding carboxylic acids is 1. The number of likely N-dealkylation sites (tertiary alicyclic amines) is 1. The van der Waals surface area contributed by atoms with Crippen molar-refractivity contribution in [1.29, 1.82) is 0 Å². The number of aromatic amines is 1. The van der Waals surface area contributed by atoms with Gasteiger partial charge in [0.2, 0.25) is 0 Å². The Bertz CT molecular complexity index is 1000. The van der Waals surface area contributed by atoms with Gasteiger partial charge in [0.1, 0.15) is 11.5 Å². The number of H-pyrrole nitrogens is 1. The topological polar surface area (TPSA) is 49.0 Å². The van der Waals surface area contributed by atoms with E-state index in [2.05, 4.69) is 9.97 Å². The van der Waals surface area contributed by atoms with Crippen LogP contribution in [0.15, 0.2) is 36.8 Å². The molecule has 1 aromatic carbocycles. The summed E-state index contributed by atoms with van der Waals surface area (Å²) in [6.07, 6.45) is 5.33. The van der Waals surface area contributed by atoms with E-state index in [0.717, 1.165) is 16.0 Å². The number of hydrogen-bond donors (Lipinski definition) is 1. The van der Waals surface area contributed by atoms with E-state index in [1.807, 2.05) is 0 Å². The van der Waals surface area contributed by atoms with E-state index in [4.69, 9.17) is 0 Å². The fourth-order valence-corrected chi connectivity index (χ4v) is 3.33. The van der Waals surface area contributed by atoms with Gasteiger partial charge < -0.3 is 9.88 Å². The summed E-state index contributed by atoms with van der Waals surface area (Å²) in [6, 6.07) is 4.73. The van der Waals surface area contributed by atoms with E-state index in [9.17, 15) is 18.0 Å². The molecular formula is C19H16F3N3O. The summed E-state index contributed by atoms with van der Waals surface area (Å²) >= 11 is 0. The van der Waals surface area contributed by atoms with Crippen LogP contribution < -0.4 is 0 Å². The van der Waals surface area contributed by atoms with Gasteiger partial charge in [0.25, 0.3) is 11.8 Å². The van der Waals surface area contributed by atoms with Crippen LogP contribution in [0, 0.1) is 12.7 Å². The number of hydrogen-bond acceptors (Lipinski definition) is 2. The van der Waals surface area contributed by atoms with Crippen LogP contribution in [0.2, 0.25) is 0 Å². The highest BCUT2D eigenvalue weighted by molar-refractivity contribution is 5.95. The number of amides is 1. The molecule has 0 saturated carbocycles. The average Bonchev–Trinajstić information content (AvgIpc) is 2.95. The first-order valence-electron chi connectivity index (χ1n) is 8.21. The lowest BCUT2D eigenvalue weighted by Crippen LogP contribution is -2.58. The van der Waals surface area contributed by atoms with Crippen molar-refractivity contribution in [3.63, 3.8) is 0 Å². The summed E-state index contributed by atoms with van der Waals surface area (Å²) in [6.45, 7) is 0.683. The number of fused-ring (bicyclic) bond motifs is 1. The summed E-state index contributed by atoms with van der Waals surface area (Å²) in [7, 11) is 0. The molecule has 4 nitrogen and oxygen atoms in total. The number of pyridine rings is 1. The third-order valence-electron chi connectivity index (χ3n) is 4.83. The molecule has 0 bridgehead atoms. The minimum atomic E-state index is -2.79. The normalized spacial score (nSPS) is 15.9. The highest BCUT2D eigenvalue weighted by Crippen LogP contribution is 2.30. The maximum absolute atomic E-state index is 13.9. The van der Waals surface area contributed by atoms with Crippen molar-refractivity contribution < 1.29 is 18.0 Å². The van der Waals surface area contributed by atoms with E-state index < -0.39 is 24.9 Å². The monoisotopic (exact) mass is 359 g/mol. The second-order valence-corrected chi connectivity index (χ2v) is 6.64. The van der Waals surface area contributed by atoms with Gasteiger partial charge in [-0.25, -0.2) is 13.2 Å². The van der Waals surface area contributed by atoms with Gasteiger partial charge in [-0.2, -0.15) is 0 Å². The lowest BCUT2D eigenvalue weighted by atomic mass is 9.98. The predicted molar refractivity (Wildman–Crippen MR) is 90.9 cm³/mol. The van der Waals surface area contributed by atoms with Crippen LogP contribution in [0.25, 0.3) is 10.8 Å². The van der Waals surface area contributed by atoms with Gasteiger partial charge in [0, 0.05) is 29.4 Å². The Morgan fingerprint density at radius 2 is 2.00 bits per heavy atom. The van der Waals surface area contributed by atoms with Crippen molar-refractivity contribution in [3.8, 4) is 0 Å². The number of nitrogens with zero attached hydrogens (tertiary/aromatic N) is 2. The minimum Gasteiger partial charge on any atom is -0.357 e. The molecule has 1 aliphatic rings. The van der Waals surface area contributed by atoms with Crippen molar-refractivity contribution in [2.24, 2.45) is 0 Å². The molecule has 3 heterocycles. The zero-order chi connectivity index (χ0) is 18.5. The Hall–Kier alpha value is -2.83. The van der Waals surface area contributed by atoms with Gasteiger partial charge in [-0.1, -0.05) is 6.07 Å². The summed E-state index contributed by atoms with van der Waals surface area (Å²) in [5, 5.41) is 1.20. The molecule has 2 aromatic heterocycles. The minimum absolute atomic E-state index is 0.313. The molecule has 1 amide bonds. The van der Waals surface area contributed by atoms with Crippen molar-refractivity contribution in [1.82, 2.24) is 14.9 Å². The summed E-state index contributed by atoms with van der Waals surface area (Å²) in [4.78, 5) is 20.5. The van der Waals surface area contributed by atoms with Crippen molar-refractivity contribution in [2.75, 3.05) is 13.1 Å². The molecule has 1 fully saturated rings. The van der Waals surface area contributed by atoms with E-state index in [1.54, 1.807) is 31.5 Å². The lowest BCUT2D eigenvalue weighted by molar-refractivity contribution is -0.113. The first kappa shape index (κ1) is 16.6. The van der Waals surface area contributed by atoms with Crippen molar-refractivity contribution in [3.05, 3.63) is 65.0 Å². The number of carbonyl (C=O) groups is 1. The molecule has 0 aliphatic carbocycles. The quantitative estimate of drug-likeness (QED) is 0.775. The highest BCUT2D eigenvalue weighted by Gasteiger charge is 2.46. The number of benzene rings is 1. The molecule has 0 radical (unpaired) electrons. The van der Waals surface area contributed by atoms with Crippen LogP contribution in [-0.2, 0) is 6.42 Å². The number of alkyl halides is 2. The van der Waals surface area contributed by atoms with Gasteiger partial charge in [-0.3, -0.25) is 9.78 Å². The van der Waals surface area contributed by atoms with Crippen molar-refractivity contribution in [2.45, 2.75) is 19.3 Å². The molecule has 7 heteroatoms. The van der Waals surface area contributed by atoms with Gasteiger partial charge in [-0.05, 0) is 42.2 Å². The van der Waals surface area contributed by atoms with Crippen LogP contribution in [-0.4, -0.2) is 39.8 Å². The smallest absolute Gasteiger partial charge is 0.282 e. The maximum Gasteiger partial charge on any atom is 0.282 e. The molecular weight excluding hydrogens is 343 g/mol. The molecule has 134 valence electrons. The summed E-state index contributed by atoms with van der Waals surface area (Å²) in [5.74, 6) is -3.53. The third kappa shape index (κ3) is 2.73. The first-order chi connectivity index (χ1) is 12.4. The van der Waals surface area contributed by atoms with Crippen LogP contribution in [0.1, 0.15) is 27.2 Å². The van der Waals surface area contributed by atoms with E-state index in [-0.39, 0.29) is 5.82 Å². The average molecular weight is 359 g/mol. The van der Waals surface area contributed by atoms with Gasteiger partial charge >= 0.3 is 0 Å². The second-order valence-electron chi connectivity index (χ2n) is 6.64. The zero-order valence-electron chi connectivity index (χ0n) is 14.0. The summed E-state index contributed by atoms with van der Waals surface area (Å²) in [5.41, 5.74) is 2.77. The Kier molecular flexibility index (Phi) is 3.75. The van der Waals surface area contributed by atoms with E-state index >= 15 is 0 Å². The molecule has 0 atom stereocenters. The van der Waals surface area contributed by atoms with Gasteiger partial charge in [0.15, 0.2) is 0 Å². The predicted octanol–water partition coefficient (Wildman–Crippen LogP) is 3.69. The summed E-state index contributed by atoms with van der Waals surface area (Å²) < 4.78 is 39.9. The number of rotatable bonds is 3. The van der Waals surface area contributed by atoms with E-state index in [1.165, 1.54) is 12.3 Å². The maximum atomic E-state index is 13.9. The molecule has 1 saturated heterocycles. The Morgan fingerprint density at radius 3 is 2.73 bits per heavy atom. The fraction of sp³-hybridized carbons (Fsp3) is 0.263. The SMILES string of the molecule is Cc1c(Cc2ccc(F)c3ccncc23)c[nH]c1C(=O)N1CC(F)(F)C1. The molecule has 0 spiro atoms. The Balaban J connectivity index is 1.62. The highest BCUT2D eigenvalue weighted by atomic mass is 19.3. The third-order valence-corrected chi connectivity index (χ3v) is 4.83. The Labute approximate surface area is 147 Å². The number of aromatic nitrogens is 2. The van der Waals surface area contributed by atoms with Crippen LogP contribution in [0.5, 0.6) is 0 Å². The number of halogens is 3. The first-order valence-corrected chi connectivity index (χ1v) is 8.21. The Morgan fingerprint density at radius 1 is 1.23 bits per heavy atom. The molecule has 1 aliphatic heterocycles. The standard InChI is InChI=1S/C19H16F3N3O/c1-11-13(7-24-17(11)18(26)25-9-19(21,22)10-25)6-12-2-3-16(20)14-4-5-23-8-15(12)14/h2-5,7-8,24H,6,9-10H2,1H3. The fourth-order valence-electron chi connectivity index (χ4n) is 3.33. The number of nitrogens with one attached hydrogen (secondary N) is 1. The lowest BCUT2D eigenvalue weighted by Gasteiger charge is -2.38. The molecule has 0 unspecified atom stereocenters. The van der Waals surface area contributed by atoms with Crippen LogP contribution in [0.4, 0.5) is 13.2 Å². The van der Waals surface area contributed by atoms with E-state index in [0.29, 0.717) is 28.5 Å². The van der Waals surface area contributed by atoms with Crippen LogP contribution in [0.3, 0.4) is 0 Å². The zero-order valence-corrected chi connectivity index (χ0v) is 14.0. The van der Waals surface area contributed by atoms with Gasteiger partial charge in [-0.15, -0.1) is 0 Å². The van der Waals surface area contributed by atoms with Crippen LogP contribution >= 0.6 is 0 Å². The second kappa shape index (κ2) is 5.86.